The molecule has 0 fully saturated rings. The van der Waals surface area contributed by atoms with Crippen molar-refractivity contribution in [1.82, 2.24) is 25.9 Å². The van der Waals surface area contributed by atoms with Crippen molar-refractivity contribution < 1.29 is 34.2 Å². The van der Waals surface area contributed by atoms with Crippen molar-refractivity contribution >= 4 is 29.6 Å². The molecule has 0 aliphatic carbocycles. The lowest BCUT2D eigenvalue weighted by Crippen LogP contribution is -2.58. The van der Waals surface area contributed by atoms with Gasteiger partial charge >= 0.3 is 5.97 Å². The molecule has 1 aromatic heterocycles. The van der Waals surface area contributed by atoms with E-state index >= 15 is 0 Å². The maximum Gasteiger partial charge on any atom is 0.326 e. The van der Waals surface area contributed by atoms with Gasteiger partial charge in [0.15, 0.2) is 0 Å². The van der Waals surface area contributed by atoms with Crippen LogP contribution in [-0.4, -0.2) is 80.6 Å². The summed E-state index contributed by atoms with van der Waals surface area (Å²) in [4.78, 5) is 67.5. The fourth-order valence-corrected chi connectivity index (χ4v) is 3.35. The largest absolute Gasteiger partial charge is 0.480 e. The highest BCUT2D eigenvalue weighted by molar-refractivity contribution is 5.94. The van der Waals surface area contributed by atoms with Crippen LogP contribution in [0.2, 0.25) is 0 Å². The Morgan fingerprint density at radius 1 is 0.919 bits per heavy atom. The number of benzene rings is 1. The zero-order valence-electron chi connectivity index (χ0n) is 19.9. The number of primary amides is 1. The van der Waals surface area contributed by atoms with E-state index in [2.05, 4.69) is 25.9 Å². The predicted molar refractivity (Wildman–Crippen MR) is 129 cm³/mol. The molecule has 14 nitrogen and oxygen atoms in total. The van der Waals surface area contributed by atoms with Crippen LogP contribution in [0, 0.1) is 0 Å². The highest BCUT2D eigenvalue weighted by Crippen LogP contribution is 2.06. The fourth-order valence-electron chi connectivity index (χ4n) is 3.35. The first kappa shape index (κ1) is 28.9. The number of nitrogens with two attached hydrogens (primary N) is 2. The normalized spacial score (nSPS) is 14.0. The lowest BCUT2D eigenvalue weighted by Gasteiger charge is -2.24. The quantitative estimate of drug-likeness (QED) is 0.122. The third kappa shape index (κ3) is 9.70. The molecule has 4 amide bonds. The van der Waals surface area contributed by atoms with Gasteiger partial charge in [-0.1, -0.05) is 30.3 Å². The molecule has 4 atom stereocenters. The smallest absolute Gasteiger partial charge is 0.326 e. The van der Waals surface area contributed by atoms with Crippen LogP contribution in [0.5, 0.6) is 0 Å². The number of H-pyrrole nitrogens is 1. The third-order valence-corrected chi connectivity index (χ3v) is 5.36. The fraction of sp³-hybridized carbons (Fsp3) is 0.391. The molecule has 0 aliphatic rings. The molecule has 4 unspecified atom stereocenters. The number of aromatic amines is 1. The van der Waals surface area contributed by atoms with Gasteiger partial charge in [-0.2, -0.15) is 0 Å². The number of aliphatic hydroxyl groups excluding tert-OH is 1. The average molecular weight is 518 g/mol. The first-order valence-electron chi connectivity index (χ1n) is 11.4. The van der Waals surface area contributed by atoms with Crippen LogP contribution in [-0.2, 0) is 36.8 Å². The highest BCUT2D eigenvalue weighted by atomic mass is 16.4. The molecule has 1 heterocycles. The van der Waals surface area contributed by atoms with Crippen molar-refractivity contribution in [3.63, 3.8) is 0 Å². The van der Waals surface area contributed by atoms with E-state index in [9.17, 15) is 34.2 Å². The van der Waals surface area contributed by atoms with Gasteiger partial charge in [0.05, 0.1) is 19.0 Å². The summed E-state index contributed by atoms with van der Waals surface area (Å²) >= 11 is 0. The number of amides is 4. The molecule has 200 valence electrons. The number of nitrogens with zero attached hydrogens (tertiary/aromatic N) is 1. The van der Waals surface area contributed by atoms with Gasteiger partial charge in [0, 0.05) is 31.2 Å². The van der Waals surface area contributed by atoms with Crippen LogP contribution in [0.1, 0.15) is 24.1 Å². The molecular weight excluding hydrogens is 486 g/mol. The standard InChI is InChI=1S/C23H31N7O7/c24-15(9-14-10-26-12-27-14)20(33)29-17(8-13-4-2-1-3-5-13)21(34)30-18(11-31)22(35)28-16(23(36)37)6-7-19(25)32/h1-5,10,12,15-18,31H,6-9,11,24H2,(H2,25,32)(H,26,27)(H,28,35)(H,29,33)(H,30,34)(H,36,37). The van der Waals surface area contributed by atoms with Gasteiger partial charge in [-0.15, -0.1) is 0 Å². The number of rotatable bonds is 15. The number of carboxylic acids is 1. The third-order valence-electron chi connectivity index (χ3n) is 5.36. The second-order valence-electron chi connectivity index (χ2n) is 8.29. The zero-order valence-corrected chi connectivity index (χ0v) is 19.9. The second-order valence-corrected chi connectivity index (χ2v) is 8.29. The Labute approximate surface area is 212 Å². The number of aromatic nitrogens is 2. The average Bonchev–Trinajstić information content (AvgIpc) is 3.37. The Hall–Kier alpha value is -4.30. The number of imidazole rings is 1. The number of carbonyl (C=O) groups excluding carboxylic acids is 4. The van der Waals surface area contributed by atoms with Crippen molar-refractivity contribution in [2.45, 2.75) is 49.9 Å². The minimum atomic E-state index is -1.53. The van der Waals surface area contributed by atoms with Crippen LogP contribution in [0.4, 0.5) is 0 Å². The van der Waals surface area contributed by atoms with Crippen LogP contribution >= 0.6 is 0 Å². The van der Waals surface area contributed by atoms with Gasteiger partial charge in [0.25, 0.3) is 0 Å². The molecule has 2 rings (SSSR count). The molecule has 2 aromatic rings. The van der Waals surface area contributed by atoms with E-state index < -0.39 is 60.4 Å². The molecule has 0 radical (unpaired) electrons. The summed E-state index contributed by atoms with van der Waals surface area (Å²) in [5, 5.41) is 26.0. The van der Waals surface area contributed by atoms with E-state index in [1.807, 2.05) is 0 Å². The Bertz CT molecular complexity index is 1060. The second kappa shape index (κ2) is 14.3. The number of hydrogen-bond donors (Lipinski definition) is 8. The molecule has 14 heteroatoms. The summed E-state index contributed by atoms with van der Waals surface area (Å²) in [6, 6.07) is 3.58. The summed E-state index contributed by atoms with van der Waals surface area (Å²) in [5.74, 6) is -4.60. The Kier molecular flexibility index (Phi) is 11.2. The molecule has 0 saturated carbocycles. The summed E-state index contributed by atoms with van der Waals surface area (Å²) in [7, 11) is 0. The number of nitrogens with one attached hydrogen (secondary N) is 4. The van der Waals surface area contributed by atoms with Crippen molar-refractivity contribution in [3.8, 4) is 0 Å². The van der Waals surface area contributed by atoms with Gasteiger partial charge in [0.1, 0.15) is 18.1 Å². The Morgan fingerprint density at radius 3 is 2.11 bits per heavy atom. The lowest BCUT2D eigenvalue weighted by atomic mass is 10.0. The minimum absolute atomic E-state index is 0.0469. The lowest BCUT2D eigenvalue weighted by molar-refractivity contribution is -0.143. The van der Waals surface area contributed by atoms with Gasteiger partial charge < -0.3 is 42.6 Å². The van der Waals surface area contributed by atoms with Crippen molar-refractivity contribution in [1.29, 1.82) is 0 Å². The van der Waals surface area contributed by atoms with Crippen LogP contribution in [0.15, 0.2) is 42.9 Å². The summed E-state index contributed by atoms with van der Waals surface area (Å²) in [5.41, 5.74) is 12.3. The van der Waals surface area contributed by atoms with Crippen molar-refractivity contribution in [2.75, 3.05) is 6.61 Å². The number of carboxylic acid groups (broad SMARTS) is 1. The Balaban J connectivity index is 2.11. The van der Waals surface area contributed by atoms with Crippen molar-refractivity contribution in [3.05, 3.63) is 54.1 Å². The molecule has 10 N–H and O–H groups in total. The molecule has 1 aromatic carbocycles. The highest BCUT2D eigenvalue weighted by Gasteiger charge is 2.30. The van der Waals surface area contributed by atoms with Gasteiger partial charge in [-0.25, -0.2) is 9.78 Å². The zero-order chi connectivity index (χ0) is 27.4. The number of aliphatic hydroxyl groups is 1. The SMILES string of the molecule is NC(=O)CCC(NC(=O)C(CO)NC(=O)C(Cc1ccccc1)NC(=O)C(N)Cc1cnc[nH]1)C(=O)O. The molecular formula is C23H31N7O7. The monoisotopic (exact) mass is 517 g/mol. The van der Waals surface area contributed by atoms with E-state index in [0.29, 0.717) is 11.3 Å². The number of aliphatic carboxylic acids is 1. The first-order chi connectivity index (χ1) is 17.6. The van der Waals surface area contributed by atoms with Crippen molar-refractivity contribution in [2.24, 2.45) is 11.5 Å². The minimum Gasteiger partial charge on any atom is -0.480 e. The topological polar surface area (TPSA) is 243 Å². The van der Waals surface area contributed by atoms with Crippen LogP contribution < -0.4 is 27.4 Å². The number of carbonyl (C=O) groups is 5. The Morgan fingerprint density at radius 2 is 1.54 bits per heavy atom. The van der Waals surface area contributed by atoms with E-state index in [1.165, 1.54) is 12.5 Å². The van der Waals surface area contributed by atoms with Gasteiger partial charge in [-0.05, 0) is 12.0 Å². The van der Waals surface area contributed by atoms with Gasteiger partial charge in [-0.3, -0.25) is 19.2 Å². The molecule has 0 spiro atoms. The maximum atomic E-state index is 13.1. The summed E-state index contributed by atoms with van der Waals surface area (Å²) in [6.07, 6.45) is 2.56. The predicted octanol–water partition coefficient (Wildman–Crippen LogP) is -2.68. The van der Waals surface area contributed by atoms with E-state index in [0.717, 1.165) is 0 Å². The van der Waals surface area contributed by atoms with E-state index in [4.69, 9.17) is 11.5 Å². The summed E-state index contributed by atoms with van der Waals surface area (Å²) in [6.45, 7) is -0.856. The molecule has 0 saturated heterocycles. The maximum absolute atomic E-state index is 13.1. The van der Waals surface area contributed by atoms with E-state index in [-0.39, 0.29) is 25.7 Å². The van der Waals surface area contributed by atoms with Crippen LogP contribution in [0.3, 0.4) is 0 Å². The molecule has 0 bridgehead atoms. The van der Waals surface area contributed by atoms with Crippen LogP contribution in [0.25, 0.3) is 0 Å². The van der Waals surface area contributed by atoms with Gasteiger partial charge in [0.2, 0.25) is 23.6 Å². The van der Waals surface area contributed by atoms with E-state index in [1.54, 1.807) is 30.3 Å². The number of hydrogen-bond acceptors (Lipinski definition) is 8. The summed E-state index contributed by atoms with van der Waals surface area (Å²) < 4.78 is 0. The molecule has 37 heavy (non-hydrogen) atoms. The molecule has 0 aliphatic heterocycles. The first-order valence-corrected chi connectivity index (χ1v) is 11.4.